The van der Waals surface area contributed by atoms with E-state index < -0.39 is 43.6 Å². The van der Waals surface area contributed by atoms with Crippen LogP contribution < -0.4 is 0 Å². The SMILES string of the molecule is C=C/C=C(\C)CC[C@@]1(C)C(C(=O)C#CC(=O)OCC)C(O)[C@@H](O[Si](C)(C)C(C)(C)C)[C@@H]1C(C)C. The van der Waals surface area contributed by atoms with Gasteiger partial charge in [0.2, 0.25) is 5.78 Å². The van der Waals surface area contributed by atoms with Gasteiger partial charge in [-0.25, -0.2) is 4.79 Å². The smallest absolute Gasteiger partial charge is 0.384 e. The average molecular weight is 491 g/mol. The highest BCUT2D eigenvalue weighted by Crippen LogP contribution is 2.56. The van der Waals surface area contributed by atoms with Crippen molar-refractivity contribution >= 4 is 20.1 Å². The lowest BCUT2D eigenvalue weighted by atomic mass is 9.65. The summed E-state index contributed by atoms with van der Waals surface area (Å²) in [5, 5.41) is 11.6. The molecule has 34 heavy (non-hydrogen) atoms. The van der Waals surface area contributed by atoms with Crippen molar-refractivity contribution < 1.29 is 23.9 Å². The number of aliphatic hydroxyl groups excluding tert-OH is 1. The van der Waals surface area contributed by atoms with Gasteiger partial charge in [0.25, 0.3) is 0 Å². The first-order valence-corrected chi connectivity index (χ1v) is 15.3. The fourth-order valence-electron chi connectivity index (χ4n) is 5.06. The molecule has 0 amide bonds. The second-order valence-corrected chi connectivity index (χ2v) is 16.4. The number of ketones is 1. The van der Waals surface area contributed by atoms with Crippen molar-refractivity contribution in [2.45, 2.75) is 98.6 Å². The van der Waals surface area contributed by atoms with Gasteiger partial charge in [-0.15, -0.1) is 0 Å². The Morgan fingerprint density at radius 2 is 1.82 bits per heavy atom. The number of ether oxygens (including phenoxy) is 1. The van der Waals surface area contributed by atoms with Gasteiger partial charge >= 0.3 is 5.97 Å². The van der Waals surface area contributed by atoms with Crippen molar-refractivity contribution in [3.8, 4) is 11.8 Å². The van der Waals surface area contributed by atoms with E-state index in [1.807, 2.05) is 13.0 Å². The summed E-state index contributed by atoms with van der Waals surface area (Å²) in [6.45, 7) is 24.9. The molecule has 1 fully saturated rings. The van der Waals surface area contributed by atoms with Crippen LogP contribution in [0.15, 0.2) is 24.3 Å². The van der Waals surface area contributed by atoms with Crippen LogP contribution in [0, 0.1) is 35.0 Å². The molecule has 1 aliphatic rings. The van der Waals surface area contributed by atoms with Crippen molar-refractivity contribution in [2.24, 2.45) is 23.2 Å². The normalized spacial score (nSPS) is 27.8. The number of esters is 1. The van der Waals surface area contributed by atoms with Gasteiger partial charge < -0.3 is 14.3 Å². The van der Waals surface area contributed by atoms with Crippen LogP contribution in [0.4, 0.5) is 0 Å². The van der Waals surface area contributed by atoms with Gasteiger partial charge in [-0.1, -0.05) is 65.8 Å². The van der Waals surface area contributed by atoms with E-state index >= 15 is 0 Å². The molecular weight excluding hydrogens is 444 g/mol. The number of aliphatic hydroxyl groups is 1. The van der Waals surface area contributed by atoms with Gasteiger partial charge in [0.1, 0.15) is 0 Å². The summed E-state index contributed by atoms with van der Waals surface area (Å²) in [7, 11) is -2.24. The summed E-state index contributed by atoms with van der Waals surface area (Å²) in [6, 6.07) is 0. The van der Waals surface area contributed by atoms with Gasteiger partial charge in [-0.2, -0.15) is 0 Å². The van der Waals surface area contributed by atoms with Crippen LogP contribution in [0.1, 0.15) is 68.2 Å². The molecule has 5 atom stereocenters. The van der Waals surface area contributed by atoms with Crippen molar-refractivity contribution in [1.82, 2.24) is 0 Å². The van der Waals surface area contributed by atoms with Crippen molar-refractivity contribution in [3.63, 3.8) is 0 Å². The van der Waals surface area contributed by atoms with E-state index in [1.54, 1.807) is 13.0 Å². The minimum Gasteiger partial charge on any atom is -0.456 e. The second kappa shape index (κ2) is 11.8. The third-order valence-electron chi connectivity index (χ3n) is 7.77. The molecule has 1 N–H and O–H groups in total. The molecule has 2 unspecified atom stereocenters. The summed E-state index contributed by atoms with van der Waals surface area (Å²) in [5.41, 5.74) is 0.600. The maximum Gasteiger partial charge on any atom is 0.384 e. The Hall–Kier alpha value is -1.68. The Kier molecular flexibility index (Phi) is 10.6. The second-order valence-electron chi connectivity index (χ2n) is 11.7. The van der Waals surface area contributed by atoms with Gasteiger partial charge in [0.05, 0.1) is 24.7 Å². The van der Waals surface area contributed by atoms with Crippen LogP contribution in [0.5, 0.6) is 0 Å². The molecule has 6 heteroatoms. The molecular formula is C28H46O5Si. The molecule has 0 aromatic rings. The zero-order chi connectivity index (χ0) is 26.5. The lowest BCUT2D eigenvalue weighted by Gasteiger charge is -2.43. The number of Topliss-reactive ketones (excluding diaryl/α,β-unsaturated/α-hetero) is 1. The van der Waals surface area contributed by atoms with Crippen LogP contribution in [-0.4, -0.2) is 44.0 Å². The maximum absolute atomic E-state index is 13.4. The molecule has 0 aromatic heterocycles. The van der Waals surface area contributed by atoms with Gasteiger partial charge in [-0.05, 0) is 68.0 Å². The molecule has 1 aliphatic carbocycles. The number of hydrogen-bond donors (Lipinski definition) is 1. The summed E-state index contributed by atoms with van der Waals surface area (Å²) in [4.78, 5) is 25.2. The molecule has 5 nitrogen and oxygen atoms in total. The molecule has 0 spiro atoms. The Balaban J connectivity index is 3.55. The predicted molar refractivity (Wildman–Crippen MR) is 141 cm³/mol. The van der Waals surface area contributed by atoms with Crippen molar-refractivity contribution in [1.29, 1.82) is 0 Å². The van der Waals surface area contributed by atoms with Crippen LogP contribution in [0.3, 0.4) is 0 Å². The van der Waals surface area contributed by atoms with Gasteiger partial charge in [0, 0.05) is 5.92 Å². The first-order chi connectivity index (χ1) is 15.5. The van der Waals surface area contributed by atoms with Gasteiger partial charge in [-0.3, -0.25) is 4.79 Å². The lowest BCUT2D eigenvalue weighted by Crippen LogP contribution is -2.49. The minimum absolute atomic E-state index is 0.0419. The monoisotopic (exact) mass is 490 g/mol. The Bertz CT molecular complexity index is 839. The Morgan fingerprint density at radius 3 is 2.29 bits per heavy atom. The third-order valence-corrected chi connectivity index (χ3v) is 12.2. The van der Waals surface area contributed by atoms with E-state index in [2.05, 4.69) is 73.1 Å². The maximum atomic E-state index is 13.4. The number of allylic oxidation sites excluding steroid dienone is 3. The molecule has 0 aromatic carbocycles. The number of carbonyl (C=O) groups excluding carboxylic acids is 2. The summed E-state index contributed by atoms with van der Waals surface area (Å²) < 4.78 is 11.7. The highest BCUT2D eigenvalue weighted by atomic mass is 28.4. The van der Waals surface area contributed by atoms with E-state index in [1.165, 1.54) is 0 Å². The molecule has 0 radical (unpaired) electrons. The molecule has 1 rings (SSSR count). The highest BCUT2D eigenvalue weighted by Gasteiger charge is 2.62. The third kappa shape index (κ3) is 6.93. The van der Waals surface area contributed by atoms with Crippen LogP contribution >= 0.6 is 0 Å². The van der Waals surface area contributed by atoms with E-state index in [0.29, 0.717) is 6.42 Å². The first-order valence-electron chi connectivity index (χ1n) is 12.4. The van der Waals surface area contributed by atoms with E-state index in [0.717, 1.165) is 12.0 Å². The van der Waals surface area contributed by atoms with Gasteiger partial charge in [0.15, 0.2) is 8.32 Å². The molecule has 192 valence electrons. The minimum atomic E-state index is -2.24. The quantitative estimate of drug-likeness (QED) is 0.112. The zero-order valence-corrected chi connectivity index (χ0v) is 24.0. The molecule has 0 aliphatic heterocycles. The topological polar surface area (TPSA) is 72.8 Å². The molecule has 1 saturated carbocycles. The standard InChI is InChI=1S/C28H46O5Si/c1-12-14-20(5)17-18-28(9)23(19(3)4)26(33-34(10,11)27(6,7)8)25(31)24(28)21(29)15-16-22(30)32-13-2/h12,14,19,23-26,31H,1,13,17-18H2,2-11H3/b20-14+/t23-,24?,25?,26-,28+/m0/s1. The van der Waals surface area contributed by atoms with Crippen LogP contribution in [-0.2, 0) is 18.8 Å². The van der Waals surface area contributed by atoms with Crippen LogP contribution in [0.25, 0.3) is 0 Å². The number of rotatable bonds is 9. The first kappa shape index (κ1) is 30.3. The Labute approximate surface area is 208 Å². The largest absolute Gasteiger partial charge is 0.456 e. The molecule has 0 bridgehead atoms. The average Bonchev–Trinajstić information content (AvgIpc) is 2.90. The summed E-state index contributed by atoms with van der Waals surface area (Å²) >= 11 is 0. The molecule has 0 heterocycles. The van der Waals surface area contributed by atoms with Crippen molar-refractivity contribution in [2.75, 3.05) is 6.61 Å². The van der Waals surface area contributed by atoms with E-state index in [-0.39, 0.29) is 23.5 Å². The lowest BCUT2D eigenvalue weighted by molar-refractivity contribution is -0.136. The number of hydrogen-bond acceptors (Lipinski definition) is 5. The van der Waals surface area contributed by atoms with Crippen molar-refractivity contribution in [3.05, 3.63) is 24.3 Å². The molecule has 0 saturated heterocycles. The van der Waals surface area contributed by atoms with E-state index in [9.17, 15) is 14.7 Å². The zero-order valence-electron chi connectivity index (χ0n) is 23.0. The fourth-order valence-corrected chi connectivity index (χ4v) is 6.38. The Morgan fingerprint density at radius 1 is 1.24 bits per heavy atom. The predicted octanol–water partition coefficient (Wildman–Crippen LogP) is 5.69. The number of carbonyl (C=O) groups is 2. The van der Waals surface area contributed by atoms with E-state index in [4.69, 9.17) is 9.16 Å². The highest BCUT2D eigenvalue weighted by molar-refractivity contribution is 6.74. The summed E-state index contributed by atoms with van der Waals surface area (Å²) in [6.07, 6.45) is 3.71. The summed E-state index contributed by atoms with van der Waals surface area (Å²) in [5.74, 6) is 3.00. The van der Waals surface area contributed by atoms with Crippen LogP contribution in [0.2, 0.25) is 18.1 Å². The fraction of sp³-hybridized carbons (Fsp3) is 0.714.